The molecule has 2 rings (SSSR count). The van der Waals surface area contributed by atoms with Crippen molar-refractivity contribution < 1.29 is 0 Å². The summed E-state index contributed by atoms with van der Waals surface area (Å²) in [4.78, 5) is 1.32. The van der Waals surface area contributed by atoms with Gasteiger partial charge in [-0.25, -0.2) is 0 Å². The molecule has 0 bridgehead atoms. The van der Waals surface area contributed by atoms with Crippen LogP contribution in [0.3, 0.4) is 0 Å². The lowest BCUT2D eigenvalue weighted by Crippen LogP contribution is -2.37. The molecule has 0 amide bonds. The van der Waals surface area contributed by atoms with Gasteiger partial charge < -0.3 is 10.6 Å². The van der Waals surface area contributed by atoms with Crippen molar-refractivity contribution >= 4 is 28.7 Å². The van der Waals surface area contributed by atoms with Gasteiger partial charge in [0.25, 0.3) is 0 Å². The van der Waals surface area contributed by atoms with Crippen LogP contribution in [0.15, 0.2) is 17.5 Å². The van der Waals surface area contributed by atoms with Crippen LogP contribution >= 0.6 is 23.6 Å². The minimum atomic E-state index is 0.314. The van der Waals surface area contributed by atoms with Crippen LogP contribution in [0.5, 0.6) is 0 Å². The summed E-state index contributed by atoms with van der Waals surface area (Å²) in [5, 5.41) is 9.43. The first-order valence-electron chi connectivity index (χ1n) is 4.86. The van der Waals surface area contributed by atoms with E-state index < -0.39 is 0 Å². The first-order valence-corrected chi connectivity index (χ1v) is 6.15. The molecule has 2 nitrogen and oxygen atoms in total. The van der Waals surface area contributed by atoms with Crippen LogP contribution in [0.1, 0.15) is 30.7 Å². The SMILES string of the molecule is CC(NC(=S)NC1CC1)c1cccs1. The summed E-state index contributed by atoms with van der Waals surface area (Å²) in [6.45, 7) is 2.13. The predicted octanol–water partition coefficient (Wildman–Crippen LogP) is 2.44. The highest BCUT2D eigenvalue weighted by Crippen LogP contribution is 2.20. The Hall–Kier alpha value is -0.610. The van der Waals surface area contributed by atoms with Crippen molar-refractivity contribution in [1.29, 1.82) is 0 Å². The largest absolute Gasteiger partial charge is 0.360 e. The lowest BCUT2D eigenvalue weighted by atomic mass is 10.3. The van der Waals surface area contributed by atoms with Crippen molar-refractivity contribution in [3.8, 4) is 0 Å². The van der Waals surface area contributed by atoms with Crippen molar-refractivity contribution in [3.05, 3.63) is 22.4 Å². The van der Waals surface area contributed by atoms with E-state index in [1.807, 2.05) is 0 Å². The van der Waals surface area contributed by atoms with Crippen LogP contribution < -0.4 is 10.6 Å². The molecule has 2 N–H and O–H groups in total. The average Bonchev–Trinajstić information content (AvgIpc) is 2.80. The molecular weight excluding hydrogens is 212 g/mol. The fraction of sp³-hybridized carbons (Fsp3) is 0.500. The molecule has 1 aromatic heterocycles. The zero-order valence-corrected chi connectivity index (χ0v) is 9.75. The van der Waals surface area contributed by atoms with E-state index in [1.165, 1.54) is 17.7 Å². The van der Waals surface area contributed by atoms with Gasteiger partial charge in [0.1, 0.15) is 0 Å². The van der Waals surface area contributed by atoms with E-state index >= 15 is 0 Å². The van der Waals surface area contributed by atoms with E-state index in [9.17, 15) is 0 Å². The van der Waals surface area contributed by atoms with E-state index in [0.717, 1.165) is 5.11 Å². The van der Waals surface area contributed by atoms with E-state index in [1.54, 1.807) is 11.3 Å². The summed E-state index contributed by atoms with van der Waals surface area (Å²) in [6, 6.07) is 5.14. The summed E-state index contributed by atoms with van der Waals surface area (Å²) in [6.07, 6.45) is 2.52. The van der Waals surface area contributed by atoms with Gasteiger partial charge in [-0.2, -0.15) is 0 Å². The Morgan fingerprint density at radius 1 is 1.64 bits per heavy atom. The molecule has 0 aliphatic heterocycles. The Kier molecular flexibility index (Phi) is 3.03. The maximum absolute atomic E-state index is 5.20. The molecule has 1 atom stereocenters. The predicted molar refractivity (Wildman–Crippen MR) is 64.6 cm³/mol. The number of thiophene rings is 1. The molecule has 1 heterocycles. The van der Waals surface area contributed by atoms with Gasteiger partial charge in [-0.1, -0.05) is 6.07 Å². The second kappa shape index (κ2) is 4.28. The number of nitrogens with one attached hydrogen (secondary N) is 2. The summed E-state index contributed by atoms with van der Waals surface area (Å²) >= 11 is 6.96. The molecule has 0 spiro atoms. The summed E-state index contributed by atoms with van der Waals surface area (Å²) in [5.41, 5.74) is 0. The van der Waals surface area contributed by atoms with E-state index in [4.69, 9.17) is 12.2 Å². The molecule has 4 heteroatoms. The fourth-order valence-electron chi connectivity index (χ4n) is 1.26. The highest BCUT2D eigenvalue weighted by molar-refractivity contribution is 7.80. The standard InChI is InChI=1S/C10H14N2S2/c1-7(9-3-2-6-14-9)11-10(13)12-8-4-5-8/h2-3,6-8H,4-5H2,1H3,(H2,11,12,13). The summed E-state index contributed by atoms with van der Waals surface area (Å²) < 4.78 is 0. The minimum Gasteiger partial charge on any atom is -0.360 e. The van der Waals surface area contributed by atoms with Gasteiger partial charge in [-0.3, -0.25) is 0 Å². The second-order valence-corrected chi connectivity index (χ2v) is 5.02. The molecule has 14 heavy (non-hydrogen) atoms. The minimum absolute atomic E-state index is 0.314. The molecule has 1 saturated carbocycles. The first-order chi connectivity index (χ1) is 6.75. The van der Waals surface area contributed by atoms with E-state index in [0.29, 0.717) is 12.1 Å². The maximum atomic E-state index is 5.20. The summed E-state index contributed by atoms with van der Waals surface area (Å²) in [5.74, 6) is 0. The number of rotatable bonds is 3. The van der Waals surface area contributed by atoms with Gasteiger partial charge in [-0.15, -0.1) is 11.3 Å². The molecule has 1 aliphatic rings. The molecule has 0 aromatic carbocycles. The third-order valence-electron chi connectivity index (χ3n) is 2.23. The Morgan fingerprint density at radius 3 is 3.00 bits per heavy atom. The summed E-state index contributed by atoms with van der Waals surface area (Å²) in [7, 11) is 0. The van der Waals surface area contributed by atoms with Crippen molar-refractivity contribution in [2.24, 2.45) is 0 Å². The molecule has 1 aliphatic carbocycles. The molecule has 76 valence electrons. The highest BCUT2D eigenvalue weighted by atomic mass is 32.1. The van der Waals surface area contributed by atoms with Crippen molar-refractivity contribution in [2.45, 2.75) is 31.8 Å². The quantitative estimate of drug-likeness (QED) is 0.774. The van der Waals surface area contributed by atoms with Gasteiger partial charge in [0, 0.05) is 10.9 Å². The third-order valence-corrected chi connectivity index (χ3v) is 3.52. The van der Waals surface area contributed by atoms with Crippen LogP contribution in [0, 0.1) is 0 Å². The smallest absolute Gasteiger partial charge is 0.167 e. The molecule has 1 fully saturated rings. The van der Waals surface area contributed by atoms with Crippen LogP contribution in [0.4, 0.5) is 0 Å². The zero-order chi connectivity index (χ0) is 9.97. The molecule has 1 unspecified atom stereocenters. The normalized spacial score (nSPS) is 17.5. The molecule has 0 radical (unpaired) electrons. The Bertz CT molecular complexity index is 304. The first kappa shape index (κ1) is 9.93. The Morgan fingerprint density at radius 2 is 2.43 bits per heavy atom. The van der Waals surface area contributed by atoms with E-state index in [-0.39, 0.29) is 0 Å². The third kappa shape index (κ3) is 2.69. The number of hydrogen-bond acceptors (Lipinski definition) is 2. The van der Waals surface area contributed by atoms with Crippen molar-refractivity contribution in [3.63, 3.8) is 0 Å². The van der Waals surface area contributed by atoms with E-state index in [2.05, 4.69) is 35.1 Å². The van der Waals surface area contributed by atoms with Crippen molar-refractivity contribution in [2.75, 3.05) is 0 Å². The van der Waals surface area contributed by atoms with Crippen LogP contribution in [0.25, 0.3) is 0 Å². The Labute approximate surface area is 93.7 Å². The topological polar surface area (TPSA) is 24.1 Å². The average molecular weight is 226 g/mol. The Balaban J connectivity index is 1.81. The van der Waals surface area contributed by atoms with Crippen molar-refractivity contribution in [1.82, 2.24) is 10.6 Å². The van der Waals surface area contributed by atoms with Crippen LogP contribution in [0.2, 0.25) is 0 Å². The van der Waals surface area contributed by atoms with Gasteiger partial charge >= 0.3 is 0 Å². The molecule has 1 aromatic rings. The highest BCUT2D eigenvalue weighted by Gasteiger charge is 2.22. The fourth-order valence-corrected chi connectivity index (χ4v) is 2.34. The zero-order valence-electron chi connectivity index (χ0n) is 8.12. The lowest BCUT2D eigenvalue weighted by Gasteiger charge is -2.15. The van der Waals surface area contributed by atoms with Crippen LogP contribution in [-0.2, 0) is 0 Å². The second-order valence-electron chi connectivity index (χ2n) is 3.63. The monoisotopic (exact) mass is 226 g/mol. The van der Waals surface area contributed by atoms with Gasteiger partial charge in [0.15, 0.2) is 5.11 Å². The molecule has 0 saturated heterocycles. The van der Waals surface area contributed by atoms with Gasteiger partial charge in [0.05, 0.1) is 6.04 Å². The molecular formula is C10H14N2S2. The van der Waals surface area contributed by atoms with Gasteiger partial charge in [-0.05, 0) is 43.4 Å². The maximum Gasteiger partial charge on any atom is 0.167 e. The number of hydrogen-bond donors (Lipinski definition) is 2. The van der Waals surface area contributed by atoms with Gasteiger partial charge in [0.2, 0.25) is 0 Å². The van der Waals surface area contributed by atoms with Crippen LogP contribution in [-0.4, -0.2) is 11.2 Å². The lowest BCUT2D eigenvalue weighted by molar-refractivity contribution is 0.709. The number of thiocarbonyl (C=S) groups is 1.